The first-order valence-corrected chi connectivity index (χ1v) is 21.2. The topological polar surface area (TPSA) is 56.5 Å². The third kappa shape index (κ3) is 6.42. The summed E-state index contributed by atoms with van der Waals surface area (Å²) in [5.41, 5.74) is 13.6. The Labute approximate surface area is 364 Å². The van der Waals surface area contributed by atoms with Crippen molar-refractivity contribution >= 4 is 43.5 Å². The Morgan fingerprint density at radius 2 is 0.762 bits per heavy atom. The van der Waals surface area contributed by atoms with E-state index in [1.165, 1.54) is 21.8 Å². The zero-order chi connectivity index (χ0) is 41.7. The molecule has 3 heterocycles. The Balaban J connectivity index is 1.00. The summed E-state index contributed by atoms with van der Waals surface area (Å²) in [6.45, 7) is 0. The first kappa shape index (κ1) is 36.3. The summed E-state index contributed by atoms with van der Waals surface area (Å²) in [6.07, 6.45) is 0. The number of nitrogens with zero attached hydrogens (tertiary/aromatic N) is 5. The van der Waals surface area contributed by atoms with Gasteiger partial charge in [-0.3, -0.25) is 0 Å². The lowest BCUT2D eigenvalue weighted by atomic mass is 9.90. The molecule has 294 valence electrons. The molecule has 0 aliphatic heterocycles. The van der Waals surface area contributed by atoms with Crippen LogP contribution < -0.4 is 0 Å². The molecule has 0 fully saturated rings. The SMILES string of the molecule is c1ccc(-c2cc(-c3ccccc3)c3c(cc(-c4cccc(-c5nc(-c6ccccc6)nc(-c6ccc(-n7c8ccccc8c8ccccc87)cc6)n5)c4)c4ccccc43)n2)cc1. The number of aromatic nitrogens is 5. The molecule has 0 N–H and O–H groups in total. The van der Waals surface area contributed by atoms with Gasteiger partial charge < -0.3 is 4.57 Å². The van der Waals surface area contributed by atoms with Crippen LogP contribution in [0.15, 0.2) is 224 Å². The van der Waals surface area contributed by atoms with E-state index in [0.29, 0.717) is 17.5 Å². The van der Waals surface area contributed by atoms with E-state index in [2.05, 4.69) is 193 Å². The van der Waals surface area contributed by atoms with Gasteiger partial charge in [-0.15, -0.1) is 0 Å². The maximum atomic E-state index is 5.36. The molecule has 12 aromatic rings. The van der Waals surface area contributed by atoms with E-state index >= 15 is 0 Å². The summed E-state index contributed by atoms with van der Waals surface area (Å²) in [4.78, 5) is 20.7. The smallest absolute Gasteiger partial charge is 0.164 e. The van der Waals surface area contributed by atoms with Gasteiger partial charge in [-0.05, 0) is 87.6 Å². The van der Waals surface area contributed by atoms with E-state index < -0.39 is 0 Å². The number of para-hydroxylation sites is 2. The molecular formula is C58H37N5. The molecule has 0 spiro atoms. The fraction of sp³-hybridized carbons (Fsp3) is 0. The molecule has 0 amide bonds. The second-order valence-corrected chi connectivity index (χ2v) is 15.8. The number of hydrogen-bond donors (Lipinski definition) is 0. The molecular weight excluding hydrogens is 767 g/mol. The van der Waals surface area contributed by atoms with Gasteiger partial charge in [0.25, 0.3) is 0 Å². The molecule has 0 aliphatic rings. The lowest BCUT2D eigenvalue weighted by Crippen LogP contribution is -2.01. The Hall–Kier alpha value is -8.54. The number of rotatable bonds is 7. The normalized spacial score (nSPS) is 11.5. The molecule has 5 nitrogen and oxygen atoms in total. The van der Waals surface area contributed by atoms with Crippen molar-refractivity contribution in [1.29, 1.82) is 0 Å². The van der Waals surface area contributed by atoms with Crippen LogP contribution in [0, 0.1) is 0 Å². The lowest BCUT2D eigenvalue weighted by Gasteiger charge is -2.16. The van der Waals surface area contributed by atoms with Gasteiger partial charge in [0.05, 0.1) is 22.2 Å². The van der Waals surface area contributed by atoms with E-state index in [1.807, 2.05) is 36.4 Å². The number of fused-ring (bicyclic) bond motifs is 6. The van der Waals surface area contributed by atoms with Gasteiger partial charge in [0, 0.05) is 44.1 Å². The van der Waals surface area contributed by atoms with Crippen LogP contribution in [0.3, 0.4) is 0 Å². The third-order valence-corrected chi connectivity index (χ3v) is 12.0. The average Bonchev–Trinajstić information content (AvgIpc) is 3.71. The van der Waals surface area contributed by atoms with Crippen molar-refractivity contribution in [2.45, 2.75) is 0 Å². The molecule has 0 aliphatic carbocycles. The minimum absolute atomic E-state index is 0.605. The van der Waals surface area contributed by atoms with E-state index in [9.17, 15) is 0 Å². The van der Waals surface area contributed by atoms with Crippen LogP contribution in [0.5, 0.6) is 0 Å². The van der Waals surface area contributed by atoms with Crippen LogP contribution >= 0.6 is 0 Å². The summed E-state index contributed by atoms with van der Waals surface area (Å²) >= 11 is 0. The van der Waals surface area contributed by atoms with Crippen molar-refractivity contribution in [3.8, 4) is 73.4 Å². The van der Waals surface area contributed by atoms with Gasteiger partial charge in [0.15, 0.2) is 17.5 Å². The Morgan fingerprint density at radius 3 is 1.40 bits per heavy atom. The Kier molecular flexibility index (Phi) is 8.75. The molecule has 0 unspecified atom stereocenters. The lowest BCUT2D eigenvalue weighted by molar-refractivity contribution is 1.07. The van der Waals surface area contributed by atoms with E-state index in [-0.39, 0.29) is 0 Å². The van der Waals surface area contributed by atoms with Crippen LogP contribution in [-0.2, 0) is 0 Å². The molecule has 12 rings (SSSR count). The Morgan fingerprint density at radius 1 is 0.286 bits per heavy atom. The monoisotopic (exact) mass is 803 g/mol. The molecule has 0 bridgehead atoms. The highest BCUT2D eigenvalue weighted by Gasteiger charge is 2.19. The van der Waals surface area contributed by atoms with Gasteiger partial charge >= 0.3 is 0 Å². The van der Waals surface area contributed by atoms with Crippen molar-refractivity contribution in [3.63, 3.8) is 0 Å². The second kappa shape index (κ2) is 15.2. The molecule has 0 radical (unpaired) electrons. The van der Waals surface area contributed by atoms with E-state index in [1.54, 1.807) is 0 Å². The quantitative estimate of drug-likeness (QED) is 0.151. The van der Waals surface area contributed by atoms with E-state index in [4.69, 9.17) is 19.9 Å². The molecule has 5 heteroatoms. The van der Waals surface area contributed by atoms with Gasteiger partial charge in [-0.2, -0.15) is 0 Å². The predicted octanol–water partition coefficient (Wildman–Crippen LogP) is 14.7. The highest BCUT2D eigenvalue weighted by Crippen LogP contribution is 2.41. The first-order valence-electron chi connectivity index (χ1n) is 21.2. The molecule has 3 aromatic heterocycles. The van der Waals surface area contributed by atoms with Crippen molar-refractivity contribution in [2.75, 3.05) is 0 Å². The highest BCUT2D eigenvalue weighted by molar-refractivity contribution is 6.18. The summed E-state index contributed by atoms with van der Waals surface area (Å²) < 4.78 is 2.32. The Bertz CT molecular complexity index is 3600. The molecule has 0 saturated heterocycles. The van der Waals surface area contributed by atoms with E-state index in [0.717, 1.165) is 77.6 Å². The van der Waals surface area contributed by atoms with Crippen molar-refractivity contribution in [2.24, 2.45) is 0 Å². The van der Waals surface area contributed by atoms with Gasteiger partial charge in [0.2, 0.25) is 0 Å². The average molecular weight is 804 g/mol. The minimum atomic E-state index is 0.605. The van der Waals surface area contributed by atoms with Crippen LogP contribution in [0.4, 0.5) is 0 Å². The highest BCUT2D eigenvalue weighted by atomic mass is 15.0. The first-order chi connectivity index (χ1) is 31.2. The summed E-state index contributed by atoms with van der Waals surface area (Å²) in [6, 6.07) is 78.6. The number of hydrogen-bond acceptors (Lipinski definition) is 4. The summed E-state index contributed by atoms with van der Waals surface area (Å²) in [5.74, 6) is 1.84. The van der Waals surface area contributed by atoms with Crippen LogP contribution in [-0.4, -0.2) is 24.5 Å². The minimum Gasteiger partial charge on any atom is -0.309 e. The van der Waals surface area contributed by atoms with Gasteiger partial charge in [-0.25, -0.2) is 19.9 Å². The molecule has 0 saturated carbocycles. The summed E-state index contributed by atoms with van der Waals surface area (Å²) in [7, 11) is 0. The fourth-order valence-electron chi connectivity index (χ4n) is 9.08. The third-order valence-electron chi connectivity index (χ3n) is 12.0. The molecule has 9 aromatic carbocycles. The maximum Gasteiger partial charge on any atom is 0.164 e. The van der Waals surface area contributed by atoms with Crippen molar-refractivity contribution < 1.29 is 0 Å². The van der Waals surface area contributed by atoms with Crippen molar-refractivity contribution in [1.82, 2.24) is 24.5 Å². The van der Waals surface area contributed by atoms with Crippen LogP contribution in [0.2, 0.25) is 0 Å². The maximum absolute atomic E-state index is 5.36. The fourth-order valence-corrected chi connectivity index (χ4v) is 9.08. The second-order valence-electron chi connectivity index (χ2n) is 15.8. The standard InChI is InChI=1S/C58H37N5/c1-4-17-38(18-5-1)50-37-51(39-19-6-2-7-20-39)59-52-36-49(45-25-10-11-28-48(45)55(50)52)42-23-16-24-43(35-42)58-61-56(40-21-8-3-9-22-40)60-57(62-58)41-31-33-44(34-32-41)63-53-29-14-12-26-46(53)47-27-13-15-30-54(47)63/h1-37H. The largest absolute Gasteiger partial charge is 0.309 e. The number of pyridine rings is 1. The van der Waals surface area contributed by atoms with Gasteiger partial charge in [-0.1, -0.05) is 170 Å². The zero-order valence-electron chi connectivity index (χ0n) is 34.1. The van der Waals surface area contributed by atoms with Crippen molar-refractivity contribution in [3.05, 3.63) is 224 Å². The predicted molar refractivity (Wildman–Crippen MR) is 260 cm³/mol. The van der Waals surface area contributed by atoms with Crippen LogP contribution in [0.1, 0.15) is 0 Å². The number of benzene rings is 9. The summed E-state index contributed by atoms with van der Waals surface area (Å²) in [5, 5.41) is 5.90. The molecule has 0 atom stereocenters. The van der Waals surface area contributed by atoms with Gasteiger partial charge in [0.1, 0.15) is 0 Å². The zero-order valence-corrected chi connectivity index (χ0v) is 34.1. The molecule has 63 heavy (non-hydrogen) atoms. The van der Waals surface area contributed by atoms with Crippen LogP contribution in [0.25, 0.3) is 117 Å².